The quantitative estimate of drug-likeness (QED) is 0.458. The lowest BCUT2D eigenvalue weighted by Crippen LogP contribution is -2.12. The van der Waals surface area contributed by atoms with Crippen molar-refractivity contribution in [3.05, 3.63) is 0 Å². The standard InChI is InChI=1S/C9H16IN/c1-3-5-7-9(6-4-2)8-11-10/h9,11H,3,5,7-8H2,1-2H3. The lowest BCUT2D eigenvalue weighted by Gasteiger charge is -2.07. The molecule has 1 nitrogen and oxygen atoms in total. The molecule has 1 atom stereocenters. The van der Waals surface area contributed by atoms with E-state index in [-0.39, 0.29) is 0 Å². The van der Waals surface area contributed by atoms with E-state index in [1.165, 1.54) is 19.3 Å². The Morgan fingerprint density at radius 2 is 2.27 bits per heavy atom. The fourth-order valence-electron chi connectivity index (χ4n) is 0.973. The van der Waals surface area contributed by atoms with Gasteiger partial charge in [0.05, 0.1) is 0 Å². The van der Waals surface area contributed by atoms with Crippen LogP contribution < -0.4 is 3.53 Å². The van der Waals surface area contributed by atoms with Crippen molar-refractivity contribution in [2.24, 2.45) is 5.92 Å². The van der Waals surface area contributed by atoms with Crippen LogP contribution in [0.25, 0.3) is 0 Å². The fourth-order valence-corrected chi connectivity index (χ4v) is 1.50. The van der Waals surface area contributed by atoms with E-state index in [0.29, 0.717) is 5.92 Å². The van der Waals surface area contributed by atoms with Crippen LogP contribution in [0, 0.1) is 17.8 Å². The van der Waals surface area contributed by atoms with E-state index in [2.05, 4.69) is 45.2 Å². The summed E-state index contributed by atoms with van der Waals surface area (Å²) in [5.74, 6) is 6.72. The Balaban J connectivity index is 3.57. The molecular formula is C9H16IN. The van der Waals surface area contributed by atoms with Gasteiger partial charge in [-0.05, 0) is 13.3 Å². The van der Waals surface area contributed by atoms with Crippen LogP contribution in [0.4, 0.5) is 0 Å². The molecule has 0 aliphatic rings. The van der Waals surface area contributed by atoms with Gasteiger partial charge < -0.3 is 0 Å². The van der Waals surface area contributed by atoms with E-state index in [1.54, 1.807) is 0 Å². The van der Waals surface area contributed by atoms with Gasteiger partial charge in [-0.25, -0.2) is 0 Å². The normalized spacial score (nSPS) is 11.9. The van der Waals surface area contributed by atoms with Crippen LogP contribution in [0.3, 0.4) is 0 Å². The summed E-state index contributed by atoms with van der Waals surface area (Å²) in [5.41, 5.74) is 0. The van der Waals surface area contributed by atoms with Gasteiger partial charge in [0.25, 0.3) is 0 Å². The van der Waals surface area contributed by atoms with Crippen molar-refractivity contribution >= 4 is 22.9 Å². The minimum absolute atomic E-state index is 0.553. The Morgan fingerprint density at radius 3 is 2.73 bits per heavy atom. The number of nitrogens with one attached hydrogen (secondary N) is 1. The van der Waals surface area contributed by atoms with E-state index in [9.17, 15) is 0 Å². The summed E-state index contributed by atoms with van der Waals surface area (Å²) in [6, 6.07) is 0. The highest BCUT2D eigenvalue weighted by Crippen LogP contribution is 2.06. The molecule has 0 aliphatic heterocycles. The van der Waals surface area contributed by atoms with Crippen molar-refractivity contribution in [1.29, 1.82) is 0 Å². The molecule has 0 aromatic heterocycles. The molecule has 64 valence electrons. The van der Waals surface area contributed by atoms with Gasteiger partial charge in [0, 0.05) is 35.3 Å². The average molecular weight is 265 g/mol. The summed E-state index contributed by atoms with van der Waals surface area (Å²) >= 11 is 2.18. The van der Waals surface area contributed by atoms with Gasteiger partial charge in [0.15, 0.2) is 0 Å². The van der Waals surface area contributed by atoms with Crippen molar-refractivity contribution in [3.8, 4) is 11.8 Å². The molecule has 0 saturated carbocycles. The van der Waals surface area contributed by atoms with Crippen LogP contribution in [-0.2, 0) is 0 Å². The van der Waals surface area contributed by atoms with Crippen LogP contribution >= 0.6 is 22.9 Å². The summed E-state index contributed by atoms with van der Waals surface area (Å²) in [6.07, 6.45) is 3.79. The van der Waals surface area contributed by atoms with E-state index in [0.717, 1.165) is 6.54 Å². The Labute approximate surface area is 83.8 Å². The maximum Gasteiger partial charge on any atom is 0.0335 e. The van der Waals surface area contributed by atoms with Crippen molar-refractivity contribution < 1.29 is 0 Å². The molecule has 0 aromatic rings. The van der Waals surface area contributed by atoms with Crippen LogP contribution in [0.5, 0.6) is 0 Å². The Bertz CT molecular complexity index is 134. The van der Waals surface area contributed by atoms with Gasteiger partial charge in [-0.2, -0.15) is 0 Å². The lowest BCUT2D eigenvalue weighted by atomic mass is 10.0. The molecule has 0 rings (SSSR count). The van der Waals surface area contributed by atoms with E-state index in [1.807, 2.05) is 6.92 Å². The maximum atomic E-state index is 3.20. The van der Waals surface area contributed by atoms with Crippen LogP contribution in [0.1, 0.15) is 33.1 Å². The van der Waals surface area contributed by atoms with Gasteiger partial charge in [-0.15, -0.1) is 5.92 Å². The van der Waals surface area contributed by atoms with E-state index in [4.69, 9.17) is 0 Å². The SMILES string of the molecule is CC#CC(CCCC)CNI. The van der Waals surface area contributed by atoms with Crippen LogP contribution in [0.15, 0.2) is 0 Å². The molecule has 0 aliphatic carbocycles. The predicted molar refractivity (Wildman–Crippen MR) is 58.5 cm³/mol. The van der Waals surface area contributed by atoms with Gasteiger partial charge in [-0.3, -0.25) is 3.53 Å². The summed E-state index contributed by atoms with van der Waals surface area (Å²) in [4.78, 5) is 0. The Hall–Kier alpha value is 0.250. The molecule has 0 radical (unpaired) electrons. The minimum atomic E-state index is 0.553. The molecule has 0 bridgehead atoms. The van der Waals surface area contributed by atoms with Crippen molar-refractivity contribution in [1.82, 2.24) is 3.53 Å². The first-order valence-electron chi connectivity index (χ1n) is 4.10. The second-order valence-electron chi connectivity index (χ2n) is 2.57. The first-order valence-corrected chi connectivity index (χ1v) is 5.18. The third-order valence-electron chi connectivity index (χ3n) is 1.58. The summed E-state index contributed by atoms with van der Waals surface area (Å²) in [6.45, 7) is 5.14. The zero-order chi connectivity index (χ0) is 8.53. The zero-order valence-corrected chi connectivity index (χ0v) is 9.44. The highest BCUT2D eigenvalue weighted by Gasteiger charge is 2.01. The molecule has 1 unspecified atom stereocenters. The number of rotatable bonds is 5. The maximum absolute atomic E-state index is 3.20. The summed E-state index contributed by atoms with van der Waals surface area (Å²) in [5, 5.41) is 0. The monoisotopic (exact) mass is 265 g/mol. The van der Waals surface area contributed by atoms with Crippen molar-refractivity contribution in [3.63, 3.8) is 0 Å². The zero-order valence-electron chi connectivity index (χ0n) is 7.28. The molecule has 0 spiro atoms. The molecule has 0 fully saturated rings. The largest absolute Gasteiger partial charge is 0.260 e. The second-order valence-corrected chi connectivity index (χ2v) is 3.33. The van der Waals surface area contributed by atoms with Crippen molar-refractivity contribution in [2.75, 3.05) is 6.54 Å². The summed E-state index contributed by atoms with van der Waals surface area (Å²) in [7, 11) is 0. The molecule has 0 aromatic carbocycles. The number of halogens is 1. The third kappa shape index (κ3) is 6.64. The molecule has 2 heteroatoms. The molecular weight excluding hydrogens is 249 g/mol. The first kappa shape index (κ1) is 11.2. The highest BCUT2D eigenvalue weighted by molar-refractivity contribution is 14.1. The third-order valence-corrected chi connectivity index (χ3v) is 2.02. The van der Waals surface area contributed by atoms with E-state index >= 15 is 0 Å². The summed E-state index contributed by atoms with van der Waals surface area (Å²) < 4.78 is 3.13. The molecule has 0 amide bonds. The number of hydrogen-bond donors (Lipinski definition) is 1. The lowest BCUT2D eigenvalue weighted by molar-refractivity contribution is 0.571. The number of unbranched alkanes of at least 4 members (excludes halogenated alkanes) is 1. The molecule has 1 N–H and O–H groups in total. The Morgan fingerprint density at radius 1 is 1.55 bits per heavy atom. The Kier molecular flexibility index (Phi) is 8.54. The average Bonchev–Trinajstić information content (AvgIpc) is 2.01. The van der Waals surface area contributed by atoms with Crippen LogP contribution in [-0.4, -0.2) is 6.54 Å². The highest BCUT2D eigenvalue weighted by atomic mass is 127. The predicted octanol–water partition coefficient (Wildman–Crippen LogP) is 2.76. The van der Waals surface area contributed by atoms with Gasteiger partial charge in [0.2, 0.25) is 0 Å². The van der Waals surface area contributed by atoms with Crippen LogP contribution in [0.2, 0.25) is 0 Å². The first-order chi connectivity index (χ1) is 5.35. The van der Waals surface area contributed by atoms with Gasteiger partial charge in [0.1, 0.15) is 0 Å². The minimum Gasteiger partial charge on any atom is -0.260 e. The topological polar surface area (TPSA) is 12.0 Å². The number of hydrogen-bond acceptors (Lipinski definition) is 1. The van der Waals surface area contributed by atoms with Crippen molar-refractivity contribution in [2.45, 2.75) is 33.1 Å². The van der Waals surface area contributed by atoms with Gasteiger partial charge >= 0.3 is 0 Å². The smallest absolute Gasteiger partial charge is 0.0335 e. The molecule has 0 saturated heterocycles. The van der Waals surface area contributed by atoms with E-state index < -0.39 is 0 Å². The molecule has 0 heterocycles. The second kappa shape index (κ2) is 8.35. The molecule has 11 heavy (non-hydrogen) atoms. The fraction of sp³-hybridized carbons (Fsp3) is 0.778. The van der Waals surface area contributed by atoms with Gasteiger partial charge in [-0.1, -0.05) is 25.7 Å².